The van der Waals surface area contributed by atoms with Crippen molar-refractivity contribution in [1.82, 2.24) is 14.8 Å². The molecule has 2 aliphatic heterocycles. The summed E-state index contributed by atoms with van der Waals surface area (Å²) in [7, 11) is 0. The van der Waals surface area contributed by atoms with E-state index in [0.29, 0.717) is 11.0 Å². The van der Waals surface area contributed by atoms with Crippen LogP contribution < -0.4 is 4.90 Å². The average Bonchev–Trinajstić information content (AvgIpc) is 3.42. The van der Waals surface area contributed by atoms with Gasteiger partial charge in [0.1, 0.15) is 0 Å². The zero-order chi connectivity index (χ0) is 21.1. The van der Waals surface area contributed by atoms with E-state index in [9.17, 15) is 9.59 Å². The second kappa shape index (κ2) is 9.27. The summed E-state index contributed by atoms with van der Waals surface area (Å²) in [5.74, 6) is 0.499. The fraction of sp³-hybridized carbons (Fsp3) is 0.522. The molecule has 0 unspecified atom stereocenters. The monoisotopic (exact) mass is 426 g/mol. The van der Waals surface area contributed by atoms with Gasteiger partial charge in [0.15, 0.2) is 5.13 Å². The van der Waals surface area contributed by atoms with Gasteiger partial charge in [-0.25, -0.2) is 4.98 Å². The molecule has 3 heterocycles. The van der Waals surface area contributed by atoms with Crippen LogP contribution in [-0.4, -0.2) is 52.8 Å². The van der Waals surface area contributed by atoms with Crippen LogP contribution >= 0.6 is 11.3 Å². The molecule has 0 radical (unpaired) electrons. The molecule has 0 atom stereocenters. The van der Waals surface area contributed by atoms with E-state index in [1.807, 2.05) is 36.6 Å². The number of rotatable bonds is 5. The van der Waals surface area contributed by atoms with Crippen LogP contribution in [0.1, 0.15) is 43.9 Å². The van der Waals surface area contributed by atoms with Gasteiger partial charge in [-0.3, -0.25) is 19.4 Å². The van der Waals surface area contributed by atoms with Gasteiger partial charge in [-0.1, -0.05) is 17.7 Å². The predicted octanol–water partition coefficient (Wildman–Crippen LogP) is 3.97. The van der Waals surface area contributed by atoms with Gasteiger partial charge < -0.3 is 4.90 Å². The number of carbonyl (C=O) groups is 2. The Morgan fingerprint density at radius 2 is 1.77 bits per heavy atom. The molecule has 160 valence electrons. The number of piperidine rings is 1. The number of aromatic nitrogens is 1. The molecule has 1 aromatic heterocycles. The summed E-state index contributed by atoms with van der Waals surface area (Å²) in [6.07, 6.45) is 4.15. The van der Waals surface area contributed by atoms with E-state index >= 15 is 0 Å². The zero-order valence-electron chi connectivity index (χ0n) is 17.8. The number of benzene rings is 1. The first-order valence-electron chi connectivity index (χ1n) is 10.8. The lowest BCUT2D eigenvalue weighted by atomic mass is 9.95. The summed E-state index contributed by atoms with van der Waals surface area (Å²) in [6, 6.07) is 7.93. The van der Waals surface area contributed by atoms with Crippen LogP contribution in [0.3, 0.4) is 0 Å². The van der Waals surface area contributed by atoms with Crippen LogP contribution in [0.25, 0.3) is 0 Å². The number of amides is 2. The Hall–Kier alpha value is -2.25. The van der Waals surface area contributed by atoms with Crippen LogP contribution in [-0.2, 0) is 16.1 Å². The second-order valence-electron chi connectivity index (χ2n) is 8.39. The van der Waals surface area contributed by atoms with Crippen molar-refractivity contribution in [2.24, 2.45) is 5.92 Å². The summed E-state index contributed by atoms with van der Waals surface area (Å²) in [6.45, 7) is 8.09. The maximum Gasteiger partial charge on any atom is 0.230 e. The number of carbonyl (C=O) groups excluding carboxylic acids is 2. The highest BCUT2D eigenvalue weighted by atomic mass is 32.1. The van der Waals surface area contributed by atoms with Crippen molar-refractivity contribution in [1.29, 1.82) is 0 Å². The summed E-state index contributed by atoms with van der Waals surface area (Å²) >= 11 is 1.50. The molecule has 0 N–H and O–H groups in total. The van der Waals surface area contributed by atoms with Gasteiger partial charge in [0.05, 0.1) is 11.4 Å². The Balaban J connectivity index is 1.36. The molecule has 0 bridgehead atoms. The Kier molecular flexibility index (Phi) is 6.49. The highest BCUT2D eigenvalue weighted by molar-refractivity contribution is 7.14. The van der Waals surface area contributed by atoms with Crippen LogP contribution in [0.4, 0.5) is 10.8 Å². The van der Waals surface area contributed by atoms with E-state index in [1.165, 1.54) is 11.3 Å². The van der Waals surface area contributed by atoms with Crippen molar-refractivity contribution in [2.75, 3.05) is 31.1 Å². The first kappa shape index (κ1) is 21.0. The highest BCUT2D eigenvalue weighted by Crippen LogP contribution is 2.30. The van der Waals surface area contributed by atoms with Crippen molar-refractivity contribution in [3.8, 4) is 0 Å². The summed E-state index contributed by atoms with van der Waals surface area (Å²) < 4.78 is 0. The Morgan fingerprint density at radius 3 is 2.40 bits per heavy atom. The molecule has 7 heteroatoms. The smallest absolute Gasteiger partial charge is 0.230 e. The molecule has 0 spiro atoms. The first-order valence-corrected chi connectivity index (χ1v) is 11.7. The third-order valence-corrected chi connectivity index (χ3v) is 6.95. The normalized spacial score (nSPS) is 18.0. The van der Waals surface area contributed by atoms with Crippen molar-refractivity contribution in [3.05, 3.63) is 40.9 Å². The quantitative estimate of drug-likeness (QED) is 0.726. The lowest BCUT2D eigenvalue weighted by Gasteiger charge is -2.32. The van der Waals surface area contributed by atoms with E-state index < -0.39 is 0 Å². The van der Waals surface area contributed by atoms with Gasteiger partial charge in [0, 0.05) is 37.9 Å². The Morgan fingerprint density at radius 1 is 1.10 bits per heavy atom. The number of aryl methyl sites for hydroxylation is 1. The highest BCUT2D eigenvalue weighted by Gasteiger charge is 2.30. The average molecular weight is 427 g/mol. The SMILES string of the molecule is CC(=O)N(c1ccc(C)cc1)c1nc(CN2CCC(C(=O)N3CCCC3)CC2)cs1. The number of likely N-dealkylation sites (tertiary alicyclic amines) is 2. The predicted molar refractivity (Wildman–Crippen MR) is 120 cm³/mol. The molecular weight excluding hydrogens is 396 g/mol. The van der Waals surface area contributed by atoms with Crippen molar-refractivity contribution in [3.63, 3.8) is 0 Å². The fourth-order valence-electron chi connectivity index (χ4n) is 4.36. The number of thiazole rings is 1. The largest absolute Gasteiger partial charge is 0.342 e. The van der Waals surface area contributed by atoms with Gasteiger partial charge >= 0.3 is 0 Å². The maximum absolute atomic E-state index is 12.6. The molecule has 2 amide bonds. The van der Waals surface area contributed by atoms with Crippen molar-refractivity contribution in [2.45, 2.75) is 46.1 Å². The molecule has 30 heavy (non-hydrogen) atoms. The number of hydrogen-bond donors (Lipinski definition) is 0. The minimum atomic E-state index is -0.0407. The molecule has 0 saturated carbocycles. The van der Waals surface area contributed by atoms with Crippen LogP contribution in [0, 0.1) is 12.8 Å². The summed E-state index contributed by atoms with van der Waals surface area (Å²) in [5.41, 5.74) is 2.99. The van der Waals surface area contributed by atoms with Gasteiger partial charge in [0.25, 0.3) is 0 Å². The molecule has 2 aromatic rings. The zero-order valence-corrected chi connectivity index (χ0v) is 18.7. The minimum absolute atomic E-state index is 0.0407. The van der Waals surface area contributed by atoms with Crippen molar-refractivity contribution >= 4 is 34.0 Å². The van der Waals surface area contributed by atoms with E-state index in [0.717, 1.165) is 75.4 Å². The van der Waals surface area contributed by atoms with Crippen LogP contribution in [0.5, 0.6) is 0 Å². The van der Waals surface area contributed by atoms with E-state index in [4.69, 9.17) is 4.98 Å². The second-order valence-corrected chi connectivity index (χ2v) is 9.23. The van der Waals surface area contributed by atoms with E-state index in [-0.39, 0.29) is 11.8 Å². The molecule has 2 saturated heterocycles. The summed E-state index contributed by atoms with van der Waals surface area (Å²) in [5, 5.41) is 2.75. The van der Waals surface area contributed by atoms with E-state index in [2.05, 4.69) is 9.80 Å². The Labute approximate surface area is 182 Å². The third kappa shape index (κ3) is 4.73. The molecule has 0 aliphatic carbocycles. The lowest BCUT2D eigenvalue weighted by molar-refractivity contribution is -0.136. The molecule has 1 aromatic carbocycles. The summed E-state index contributed by atoms with van der Waals surface area (Å²) in [4.78, 5) is 35.8. The maximum atomic E-state index is 12.6. The number of anilines is 2. The van der Waals surface area contributed by atoms with Gasteiger partial charge in [-0.05, 0) is 57.8 Å². The Bertz CT molecular complexity index is 881. The molecular formula is C23H30N4O2S. The van der Waals surface area contributed by atoms with Crippen LogP contribution in [0.15, 0.2) is 29.6 Å². The van der Waals surface area contributed by atoms with Crippen molar-refractivity contribution < 1.29 is 9.59 Å². The fourth-order valence-corrected chi connectivity index (χ4v) is 5.23. The molecule has 2 fully saturated rings. The number of hydrogen-bond acceptors (Lipinski definition) is 5. The van der Waals surface area contributed by atoms with Gasteiger partial charge in [0.2, 0.25) is 11.8 Å². The topological polar surface area (TPSA) is 56.8 Å². The van der Waals surface area contributed by atoms with Crippen LogP contribution in [0.2, 0.25) is 0 Å². The third-order valence-electron chi connectivity index (χ3n) is 6.08. The van der Waals surface area contributed by atoms with Gasteiger partial charge in [-0.2, -0.15) is 0 Å². The minimum Gasteiger partial charge on any atom is -0.342 e. The van der Waals surface area contributed by atoms with Gasteiger partial charge in [-0.15, -0.1) is 11.3 Å². The molecule has 2 aliphatic rings. The first-order chi connectivity index (χ1) is 14.5. The van der Waals surface area contributed by atoms with E-state index in [1.54, 1.807) is 11.8 Å². The molecule has 6 nitrogen and oxygen atoms in total. The standard InChI is InChI=1S/C23H30N4O2S/c1-17-5-7-21(8-6-17)27(18(2)28)23-24-20(16-30-23)15-25-13-9-19(10-14-25)22(29)26-11-3-4-12-26/h5-8,16,19H,3-4,9-15H2,1-2H3. The lowest BCUT2D eigenvalue weighted by Crippen LogP contribution is -2.41. The number of nitrogens with zero attached hydrogens (tertiary/aromatic N) is 4. The molecule has 4 rings (SSSR count).